The van der Waals surface area contributed by atoms with E-state index in [2.05, 4.69) is 27.4 Å². The molecule has 0 fully saturated rings. The third-order valence-corrected chi connectivity index (χ3v) is 4.25. The van der Waals surface area contributed by atoms with Crippen LogP contribution in [0.25, 0.3) is 10.9 Å². The van der Waals surface area contributed by atoms with Gasteiger partial charge in [0.25, 0.3) is 5.91 Å². The zero-order valence-corrected chi connectivity index (χ0v) is 12.8. The first-order valence-corrected chi connectivity index (χ1v) is 7.58. The number of hydrogen-bond donors (Lipinski definition) is 3. The molecular weight excluding hydrogens is 307 g/mol. The van der Waals surface area contributed by atoms with Gasteiger partial charge < -0.3 is 10.6 Å². The first-order chi connectivity index (χ1) is 11.7. The standard InChI is InChI=1S/C18H15FN4O/c1-2-16-13-4-3-12(5-10(13)8-20-16)22-18(24)14-6-11(19)7-17-15(14)9-21-23-17/h2-7,9,16,20H,1,8H2,(H,21,23)(H,22,24)/t16-/m1/s1. The molecule has 2 heterocycles. The molecule has 3 N–H and O–H groups in total. The average molecular weight is 322 g/mol. The molecule has 1 amide bonds. The summed E-state index contributed by atoms with van der Waals surface area (Å²) >= 11 is 0. The molecule has 0 spiro atoms. The number of fused-ring (bicyclic) bond motifs is 2. The van der Waals surface area contributed by atoms with Crippen molar-refractivity contribution >= 4 is 22.5 Å². The predicted octanol–water partition coefficient (Wildman–Crippen LogP) is 3.28. The molecule has 1 aliphatic heterocycles. The number of carbonyl (C=O) groups excluding carboxylic acids is 1. The smallest absolute Gasteiger partial charge is 0.256 e. The van der Waals surface area contributed by atoms with Gasteiger partial charge in [-0.3, -0.25) is 9.89 Å². The molecule has 2 aromatic carbocycles. The van der Waals surface area contributed by atoms with Crippen LogP contribution in [0.15, 0.2) is 49.2 Å². The molecule has 0 unspecified atom stereocenters. The van der Waals surface area contributed by atoms with E-state index in [1.54, 1.807) is 0 Å². The molecule has 0 saturated carbocycles. The molecular formula is C18H15FN4O. The monoisotopic (exact) mass is 322 g/mol. The van der Waals surface area contributed by atoms with Gasteiger partial charge in [-0.05, 0) is 35.4 Å². The van der Waals surface area contributed by atoms with Gasteiger partial charge >= 0.3 is 0 Å². The van der Waals surface area contributed by atoms with Crippen LogP contribution in [0.5, 0.6) is 0 Å². The molecule has 5 nitrogen and oxygen atoms in total. The van der Waals surface area contributed by atoms with Gasteiger partial charge in [0.1, 0.15) is 5.82 Å². The molecule has 120 valence electrons. The third-order valence-electron chi connectivity index (χ3n) is 4.25. The minimum atomic E-state index is -0.483. The molecule has 0 saturated heterocycles. The normalized spacial score (nSPS) is 16.1. The van der Waals surface area contributed by atoms with Crippen LogP contribution >= 0.6 is 0 Å². The summed E-state index contributed by atoms with van der Waals surface area (Å²) in [7, 11) is 0. The number of nitrogens with zero attached hydrogens (tertiary/aromatic N) is 1. The summed E-state index contributed by atoms with van der Waals surface area (Å²) < 4.78 is 13.7. The minimum absolute atomic E-state index is 0.138. The number of H-pyrrole nitrogens is 1. The number of anilines is 1. The van der Waals surface area contributed by atoms with Crippen LogP contribution in [0, 0.1) is 5.82 Å². The number of nitrogens with one attached hydrogen (secondary N) is 3. The van der Waals surface area contributed by atoms with E-state index in [0.717, 1.165) is 17.7 Å². The molecule has 1 aliphatic rings. The molecule has 1 aromatic heterocycles. The highest BCUT2D eigenvalue weighted by molar-refractivity contribution is 6.12. The van der Waals surface area contributed by atoms with E-state index in [1.807, 2.05) is 24.3 Å². The van der Waals surface area contributed by atoms with Crippen molar-refractivity contribution in [1.82, 2.24) is 15.5 Å². The number of carbonyl (C=O) groups is 1. The Kier molecular flexibility index (Phi) is 3.39. The first-order valence-electron chi connectivity index (χ1n) is 7.58. The van der Waals surface area contributed by atoms with Gasteiger partial charge in [0.05, 0.1) is 23.3 Å². The molecule has 4 rings (SSSR count). The summed E-state index contributed by atoms with van der Waals surface area (Å²) in [4.78, 5) is 12.5. The maximum atomic E-state index is 13.7. The topological polar surface area (TPSA) is 69.8 Å². The van der Waals surface area contributed by atoms with E-state index >= 15 is 0 Å². The maximum absolute atomic E-state index is 13.7. The first kappa shape index (κ1) is 14.6. The molecule has 24 heavy (non-hydrogen) atoms. The number of aromatic nitrogens is 2. The summed E-state index contributed by atoms with van der Waals surface area (Å²) in [6, 6.07) is 8.40. The summed E-state index contributed by atoms with van der Waals surface area (Å²) in [5.74, 6) is -0.851. The Labute approximate surface area is 137 Å². The Bertz CT molecular complexity index is 963. The highest BCUT2D eigenvalue weighted by atomic mass is 19.1. The van der Waals surface area contributed by atoms with Gasteiger partial charge in [0, 0.05) is 17.6 Å². The van der Waals surface area contributed by atoms with Crippen molar-refractivity contribution in [2.45, 2.75) is 12.6 Å². The van der Waals surface area contributed by atoms with Gasteiger partial charge in [-0.1, -0.05) is 12.1 Å². The van der Waals surface area contributed by atoms with E-state index in [1.165, 1.54) is 18.3 Å². The van der Waals surface area contributed by atoms with Gasteiger partial charge in [0.2, 0.25) is 0 Å². The van der Waals surface area contributed by atoms with Crippen molar-refractivity contribution in [2.75, 3.05) is 5.32 Å². The Morgan fingerprint density at radius 1 is 1.38 bits per heavy atom. The predicted molar refractivity (Wildman–Crippen MR) is 90.2 cm³/mol. The average Bonchev–Trinajstić information content (AvgIpc) is 3.19. The second kappa shape index (κ2) is 5.58. The van der Waals surface area contributed by atoms with E-state index in [9.17, 15) is 9.18 Å². The van der Waals surface area contributed by atoms with Crippen molar-refractivity contribution < 1.29 is 9.18 Å². The van der Waals surface area contributed by atoms with E-state index in [-0.39, 0.29) is 17.5 Å². The molecule has 3 aromatic rings. The van der Waals surface area contributed by atoms with Crippen LogP contribution in [0.1, 0.15) is 27.5 Å². The third kappa shape index (κ3) is 2.37. The van der Waals surface area contributed by atoms with Crippen molar-refractivity contribution in [3.63, 3.8) is 0 Å². The highest BCUT2D eigenvalue weighted by Crippen LogP contribution is 2.29. The fourth-order valence-corrected chi connectivity index (χ4v) is 3.08. The summed E-state index contributed by atoms with van der Waals surface area (Å²) in [5, 5.41) is 13.3. The number of halogens is 1. The lowest BCUT2D eigenvalue weighted by molar-refractivity contribution is 0.102. The number of aromatic amines is 1. The van der Waals surface area contributed by atoms with Gasteiger partial charge in [-0.2, -0.15) is 5.10 Å². The summed E-state index contributed by atoms with van der Waals surface area (Å²) in [5.41, 5.74) is 3.69. The molecule has 0 bridgehead atoms. The lowest BCUT2D eigenvalue weighted by Crippen LogP contribution is -2.13. The molecule has 0 aliphatic carbocycles. The Hall–Kier alpha value is -2.99. The SMILES string of the molecule is C=C[C@H]1NCc2cc(NC(=O)c3cc(F)cc4[nH]ncc34)ccc21. The molecule has 6 heteroatoms. The number of rotatable bonds is 3. The minimum Gasteiger partial charge on any atom is -0.322 e. The number of benzene rings is 2. The quantitative estimate of drug-likeness (QED) is 0.648. The number of amides is 1. The van der Waals surface area contributed by atoms with Crippen LogP contribution in [0.4, 0.5) is 10.1 Å². The van der Waals surface area contributed by atoms with Gasteiger partial charge in [-0.25, -0.2) is 4.39 Å². The van der Waals surface area contributed by atoms with Crippen molar-refractivity contribution in [1.29, 1.82) is 0 Å². The van der Waals surface area contributed by atoms with E-state index in [4.69, 9.17) is 0 Å². The second-order valence-corrected chi connectivity index (χ2v) is 5.75. The van der Waals surface area contributed by atoms with Crippen LogP contribution in [-0.2, 0) is 6.54 Å². The fraction of sp³-hybridized carbons (Fsp3) is 0.111. The van der Waals surface area contributed by atoms with Crippen LogP contribution < -0.4 is 10.6 Å². The summed E-state index contributed by atoms with van der Waals surface area (Å²) in [6.45, 7) is 4.53. The molecule has 0 radical (unpaired) electrons. The Balaban J connectivity index is 1.65. The van der Waals surface area contributed by atoms with E-state index < -0.39 is 5.82 Å². The van der Waals surface area contributed by atoms with Crippen LogP contribution in [0.3, 0.4) is 0 Å². The fourth-order valence-electron chi connectivity index (χ4n) is 3.08. The van der Waals surface area contributed by atoms with Gasteiger partial charge in [0.15, 0.2) is 0 Å². The van der Waals surface area contributed by atoms with Crippen LogP contribution in [-0.4, -0.2) is 16.1 Å². The van der Waals surface area contributed by atoms with Crippen LogP contribution in [0.2, 0.25) is 0 Å². The maximum Gasteiger partial charge on any atom is 0.256 e. The van der Waals surface area contributed by atoms with Crippen molar-refractivity contribution in [3.8, 4) is 0 Å². The zero-order chi connectivity index (χ0) is 16.7. The number of hydrogen-bond acceptors (Lipinski definition) is 3. The Morgan fingerprint density at radius 3 is 3.08 bits per heavy atom. The lowest BCUT2D eigenvalue weighted by atomic mass is 10.0. The Morgan fingerprint density at radius 2 is 2.25 bits per heavy atom. The largest absolute Gasteiger partial charge is 0.322 e. The van der Waals surface area contributed by atoms with Crippen molar-refractivity contribution in [2.24, 2.45) is 0 Å². The van der Waals surface area contributed by atoms with Gasteiger partial charge in [-0.15, -0.1) is 6.58 Å². The van der Waals surface area contributed by atoms with E-state index in [0.29, 0.717) is 16.6 Å². The zero-order valence-electron chi connectivity index (χ0n) is 12.8. The summed E-state index contributed by atoms with van der Waals surface area (Å²) in [6.07, 6.45) is 3.37. The highest BCUT2D eigenvalue weighted by Gasteiger charge is 2.20. The molecule has 1 atom stereocenters. The van der Waals surface area contributed by atoms with Crippen molar-refractivity contribution in [3.05, 3.63) is 71.7 Å². The second-order valence-electron chi connectivity index (χ2n) is 5.75. The lowest BCUT2D eigenvalue weighted by Gasteiger charge is -2.09.